The fraction of sp³-hybridized carbons (Fsp3) is 0.308. The van der Waals surface area contributed by atoms with Crippen molar-refractivity contribution in [1.82, 2.24) is 15.0 Å². The Morgan fingerprint density at radius 3 is 2.47 bits per heavy atom. The lowest BCUT2D eigenvalue weighted by Gasteiger charge is -2.20. The average Bonchev–Trinajstić information content (AvgIpc) is 2.73. The summed E-state index contributed by atoms with van der Waals surface area (Å²) in [5.74, 6) is -1.07. The van der Waals surface area contributed by atoms with Gasteiger partial charge in [0.25, 0.3) is 0 Å². The molecule has 1 N–H and O–H groups in total. The van der Waals surface area contributed by atoms with Crippen molar-refractivity contribution in [2.45, 2.75) is 26.2 Å². The Balaban J connectivity index is 2.73. The van der Waals surface area contributed by atoms with Crippen molar-refractivity contribution < 1.29 is 9.90 Å². The van der Waals surface area contributed by atoms with E-state index in [0.29, 0.717) is 5.69 Å². The Bertz CT molecular complexity index is 629. The smallest absolute Gasteiger partial charge is 0.358 e. The second kappa shape index (κ2) is 4.77. The predicted octanol–water partition coefficient (Wildman–Crippen LogP) is 3.03. The summed E-state index contributed by atoms with van der Waals surface area (Å²) in [6.07, 6.45) is 0. The van der Waals surface area contributed by atoms with Gasteiger partial charge in [-0.1, -0.05) is 38.1 Å². The summed E-state index contributed by atoms with van der Waals surface area (Å²) in [6.45, 7) is 5.81. The Kier molecular flexibility index (Phi) is 3.45. The lowest BCUT2D eigenvalue weighted by atomic mass is 9.90. The van der Waals surface area contributed by atoms with Crippen molar-refractivity contribution in [2.75, 3.05) is 0 Å². The first kappa shape index (κ1) is 13.7. The van der Waals surface area contributed by atoms with Crippen LogP contribution in [0.5, 0.6) is 0 Å². The Hall–Kier alpha value is -1.69. The summed E-state index contributed by atoms with van der Waals surface area (Å²) < 4.78 is 2.41. The normalized spacial score (nSPS) is 11.6. The highest BCUT2D eigenvalue weighted by Crippen LogP contribution is 2.29. The molecular formula is C13H14BrN3O2. The highest BCUT2D eigenvalue weighted by Gasteiger charge is 2.29. The zero-order valence-electron chi connectivity index (χ0n) is 10.9. The molecule has 0 amide bonds. The second-order valence-electron chi connectivity index (χ2n) is 5.21. The number of nitrogens with zero attached hydrogens (tertiary/aromatic N) is 3. The van der Waals surface area contributed by atoms with Crippen molar-refractivity contribution in [3.05, 3.63) is 40.1 Å². The van der Waals surface area contributed by atoms with Gasteiger partial charge in [0.2, 0.25) is 0 Å². The summed E-state index contributed by atoms with van der Waals surface area (Å²) >= 11 is 3.44. The maximum atomic E-state index is 11.3. The number of aromatic carboxylic acids is 1. The molecule has 19 heavy (non-hydrogen) atoms. The van der Waals surface area contributed by atoms with Crippen LogP contribution in [0.25, 0.3) is 5.69 Å². The molecular weight excluding hydrogens is 310 g/mol. The van der Waals surface area contributed by atoms with Crippen LogP contribution in [-0.4, -0.2) is 26.1 Å². The first-order valence-electron chi connectivity index (χ1n) is 5.76. The van der Waals surface area contributed by atoms with Gasteiger partial charge in [-0.2, -0.15) is 0 Å². The molecule has 0 aliphatic heterocycles. The van der Waals surface area contributed by atoms with Crippen molar-refractivity contribution >= 4 is 21.9 Å². The van der Waals surface area contributed by atoms with Crippen molar-refractivity contribution in [3.63, 3.8) is 0 Å². The van der Waals surface area contributed by atoms with Gasteiger partial charge in [0, 0.05) is 9.89 Å². The van der Waals surface area contributed by atoms with Gasteiger partial charge in [-0.25, -0.2) is 9.48 Å². The maximum Gasteiger partial charge on any atom is 0.358 e. The molecule has 5 nitrogen and oxygen atoms in total. The van der Waals surface area contributed by atoms with E-state index in [-0.39, 0.29) is 11.1 Å². The van der Waals surface area contributed by atoms with Crippen LogP contribution < -0.4 is 0 Å². The van der Waals surface area contributed by atoms with Crippen LogP contribution in [0.2, 0.25) is 0 Å². The molecule has 0 saturated carbocycles. The number of para-hydroxylation sites is 1. The zero-order chi connectivity index (χ0) is 14.2. The Morgan fingerprint density at radius 1 is 1.32 bits per heavy atom. The molecule has 1 heterocycles. The van der Waals surface area contributed by atoms with E-state index in [1.54, 1.807) is 4.68 Å². The van der Waals surface area contributed by atoms with E-state index in [1.807, 2.05) is 45.0 Å². The van der Waals surface area contributed by atoms with E-state index < -0.39 is 5.97 Å². The SMILES string of the molecule is CC(C)(C)c1c(C(=O)O)nnn1-c1ccccc1Br. The molecule has 0 unspecified atom stereocenters. The van der Waals surface area contributed by atoms with Crippen LogP contribution in [0.4, 0.5) is 0 Å². The largest absolute Gasteiger partial charge is 0.476 e. The number of carboxylic acid groups (broad SMARTS) is 1. The van der Waals surface area contributed by atoms with E-state index in [1.165, 1.54) is 0 Å². The standard InChI is InChI=1S/C13H14BrN3O2/c1-13(2,3)11-10(12(18)19)15-16-17(11)9-7-5-4-6-8(9)14/h4-7H,1-3H3,(H,18,19). The van der Waals surface area contributed by atoms with Crippen molar-refractivity contribution in [2.24, 2.45) is 0 Å². The van der Waals surface area contributed by atoms with Crippen LogP contribution in [0.3, 0.4) is 0 Å². The quantitative estimate of drug-likeness (QED) is 0.922. The second-order valence-corrected chi connectivity index (χ2v) is 6.06. The highest BCUT2D eigenvalue weighted by atomic mass is 79.9. The van der Waals surface area contributed by atoms with Gasteiger partial charge in [0.1, 0.15) is 0 Å². The van der Waals surface area contributed by atoms with Crippen molar-refractivity contribution in [3.8, 4) is 5.69 Å². The molecule has 0 bridgehead atoms. The molecule has 0 spiro atoms. The van der Waals surface area contributed by atoms with Gasteiger partial charge in [0.15, 0.2) is 5.69 Å². The fourth-order valence-electron chi connectivity index (χ4n) is 1.89. The third-order valence-corrected chi connectivity index (χ3v) is 3.33. The first-order chi connectivity index (χ1) is 8.82. The number of hydrogen-bond donors (Lipinski definition) is 1. The zero-order valence-corrected chi connectivity index (χ0v) is 12.5. The van der Waals surface area contributed by atoms with Crippen LogP contribution in [-0.2, 0) is 5.41 Å². The summed E-state index contributed by atoms with van der Waals surface area (Å²) in [7, 11) is 0. The molecule has 0 aliphatic rings. The maximum absolute atomic E-state index is 11.3. The van der Waals surface area contributed by atoms with Gasteiger partial charge in [-0.15, -0.1) is 5.10 Å². The number of benzene rings is 1. The molecule has 0 fully saturated rings. The van der Waals surface area contributed by atoms with Crippen molar-refractivity contribution in [1.29, 1.82) is 0 Å². The third-order valence-electron chi connectivity index (χ3n) is 2.66. The fourth-order valence-corrected chi connectivity index (χ4v) is 2.34. The van der Waals surface area contributed by atoms with Crippen LogP contribution in [0, 0.1) is 0 Å². The van der Waals surface area contributed by atoms with Gasteiger partial charge < -0.3 is 5.11 Å². The lowest BCUT2D eigenvalue weighted by molar-refractivity contribution is 0.0687. The Morgan fingerprint density at radius 2 is 1.95 bits per heavy atom. The van der Waals surface area contributed by atoms with E-state index >= 15 is 0 Å². The molecule has 1 aromatic carbocycles. The molecule has 0 atom stereocenters. The molecule has 2 aromatic rings. The molecule has 2 rings (SSSR count). The lowest BCUT2D eigenvalue weighted by Crippen LogP contribution is -2.21. The van der Waals surface area contributed by atoms with Gasteiger partial charge in [-0.3, -0.25) is 0 Å². The predicted molar refractivity (Wildman–Crippen MR) is 74.7 cm³/mol. The summed E-state index contributed by atoms with van der Waals surface area (Å²) in [4.78, 5) is 11.3. The molecule has 0 saturated heterocycles. The molecule has 0 radical (unpaired) electrons. The minimum atomic E-state index is -1.07. The van der Waals surface area contributed by atoms with E-state index in [4.69, 9.17) is 0 Å². The summed E-state index contributed by atoms with van der Waals surface area (Å²) in [5, 5.41) is 17.0. The molecule has 6 heteroatoms. The van der Waals surface area contributed by atoms with Crippen LogP contribution in [0.1, 0.15) is 37.0 Å². The molecule has 100 valence electrons. The summed E-state index contributed by atoms with van der Waals surface area (Å²) in [5.41, 5.74) is 0.953. The number of aromatic nitrogens is 3. The minimum Gasteiger partial charge on any atom is -0.476 e. The molecule has 1 aromatic heterocycles. The summed E-state index contributed by atoms with van der Waals surface area (Å²) in [6, 6.07) is 7.50. The topological polar surface area (TPSA) is 68.0 Å². The third kappa shape index (κ3) is 2.53. The monoisotopic (exact) mass is 323 g/mol. The number of halogens is 1. The van der Waals surface area contributed by atoms with Crippen LogP contribution >= 0.6 is 15.9 Å². The van der Waals surface area contributed by atoms with Crippen LogP contribution in [0.15, 0.2) is 28.7 Å². The first-order valence-corrected chi connectivity index (χ1v) is 6.56. The van der Waals surface area contributed by atoms with E-state index in [2.05, 4.69) is 26.2 Å². The number of carbonyl (C=O) groups is 1. The van der Waals surface area contributed by atoms with Gasteiger partial charge in [-0.05, 0) is 28.1 Å². The number of rotatable bonds is 2. The van der Waals surface area contributed by atoms with E-state index in [0.717, 1.165) is 10.2 Å². The van der Waals surface area contributed by atoms with Gasteiger partial charge >= 0.3 is 5.97 Å². The molecule has 0 aliphatic carbocycles. The number of carboxylic acids is 1. The highest BCUT2D eigenvalue weighted by molar-refractivity contribution is 9.10. The number of hydrogen-bond acceptors (Lipinski definition) is 3. The minimum absolute atomic E-state index is 0.0109. The Labute approximate surface area is 119 Å². The van der Waals surface area contributed by atoms with E-state index in [9.17, 15) is 9.90 Å². The average molecular weight is 324 g/mol. The van der Waals surface area contributed by atoms with Gasteiger partial charge in [0.05, 0.1) is 11.4 Å².